The summed E-state index contributed by atoms with van der Waals surface area (Å²) in [4.78, 5) is 21.5. The summed E-state index contributed by atoms with van der Waals surface area (Å²) in [5.41, 5.74) is 5.10. The first-order chi connectivity index (χ1) is 12.6. The minimum absolute atomic E-state index is 0.0534. The van der Waals surface area contributed by atoms with E-state index in [-0.39, 0.29) is 5.56 Å². The van der Waals surface area contributed by atoms with Gasteiger partial charge >= 0.3 is 0 Å². The molecule has 1 aromatic carbocycles. The average Bonchev–Trinajstić information content (AvgIpc) is 3.09. The van der Waals surface area contributed by atoms with Gasteiger partial charge in [-0.1, -0.05) is 6.07 Å². The van der Waals surface area contributed by atoms with Crippen LogP contribution in [0, 0.1) is 6.92 Å². The zero-order chi connectivity index (χ0) is 18.1. The Kier molecular flexibility index (Phi) is 4.81. The van der Waals surface area contributed by atoms with Gasteiger partial charge in [0.15, 0.2) is 0 Å². The molecule has 0 radical (unpaired) electrons. The van der Waals surface area contributed by atoms with Crippen LogP contribution in [0.5, 0.6) is 5.75 Å². The number of nitrogens with zero attached hydrogens (tertiary/aromatic N) is 2. The third kappa shape index (κ3) is 3.54. The zero-order valence-corrected chi connectivity index (χ0v) is 15.7. The quantitative estimate of drug-likeness (QED) is 0.918. The molecule has 2 heterocycles. The molecule has 0 saturated carbocycles. The van der Waals surface area contributed by atoms with E-state index in [0.717, 1.165) is 37.5 Å². The Morgan fingerprint density at radius 1 is 1.23 bits per heavy atom. The number of hydrogen-bond acceptors (Lipinski definition) is 4. The third-order valence-corrected chi connectivity index (χ3v) is 5.71. The standard InChI is InChI=1S/C21H27N3O2/c1-14-22-19(11-21(25)23-14)17-7-8-24(12-17)13-18-9-15-5-3-4-6-16(15)10-20(18)26-2/h9-11,17H,3-8,12-13H2,1-2H3,(H,22,23,25)/t17-/m0/s1. The highest BCUT2D eigenvalue weighted by atomic mass is 16.5. The molecular formula is C21H27N3O2. The largest absolute Gasteiger partial charge is 0.496 e. The number of aromatic amines is 1. The number of hydrogen-bond donors (Lipinski definition) is 1. The monoisotopic (exact) mass is 353 g/mol. The lowest BCUT2D eigenvalue weighted by Gasteiger charge is -2.22. The van der Waals surface area contributed by atoms with Gasteiger partial charge in [-0.2, -0.15) is 0 Å². The summed E-state index contributed by atoms with van der Waals surface area (Å²) in [6.45, 7) is 4.71. The molecule has 26 heavy (non-hydrogen) atoms. The number of methoxy groups -OCH3 is 1. The van der Waals surface area contributed by atoms with Crippen LogP contribution in [0.15, 0.2) is 23.0 Å². The minimum atomic E-state index is -0.0534. The van der Waals surface area contributed by atoms with E-state index in [1.165, 1.54) is 42.4 Å². The molecule has 1 saturated heterocycles. The highest BCUT2D eigenvalue weighted by Crippen LogP contribution is 2.32. The molecule has 138 valence electrons. The van der Waals surface area contributed by atoms with E-state index in [1.807, 2.05) is 6.92 Å². The Bertz CT molecular complexity index is 859. The van der Waals surface area contributed by atoms with Crippen LogP contribution in [0.3, 0.4) is 0 Å². The fourth-order valence-corrected chi connectivity index (χ4v) is 4.40. The lowest BCUT2D eigenvalue weighted by Crippen LogP contribution is -2.21. The van der Waals surface area contributed by atoms with Crippen molar-refractivity contribution in [1.29, 1.82) is 0 Å². The Labute approximate surface area is 154 Å². The van der Waals surface area contributed by atoms with Gasteiger partial charge in [0.25, 0.3) is 5.56 Å². The first-order valence-corrected chi connectivity index (χ1v) is 9.61. The van der Waals surface area contributed by atoms with Crippen molar-refractivity contribution in [2.75, 3.05) is 20.2 Å². The van der Waals surface area contributed by atoms with E-state index >= 15 is 0 Å². The highest BCUT2D eigenvalue weighted by Gasteiger charge is 2.26. The lowest BCUT2D eigenvalue weighted by atomic mass is 9.90. The highest BCUT2D eigenvalue weighted by molar-refractivity contribution is 5.44. The van der Waals surface area contributed by atoms with Crippen LogP contribution in [-0.2, 0) is 19.4 Å². The summed E-state index contributed by atoms with van der Waals surface area (Å²) < 4.78 is 5.68. The van der Waals surface area contributed by atoms with Gasteiger partial charge in [-0.15, -0.1) is 0 Å². The number of aryl methyl sites for hydroxylation is 3. The number of aromatic nitrogens is 2. The minimum Gasteiger partial charge on any atom is -0.496 e. The van der Waals surface area contributed by atoms with Gasteiger partial charge in [0, 0.05) is 30.6 Å². The lowest BCUT2D eigenvalue weighted by molar-refractivity contribution is 0.316. The van der Waals surface area contributed by atoms with Gasteiger partial charge in [0.1, 0.15) is 11.6 Å². The fourth-order valence-electron chi connectivity index (χ4n) is 4.40. The van der Waals surface area contributed by atoms with Crippen molar-refractivity contribution in [3.63, 3.8) is 0 Å². The Hall–Kier alpha value is -2.14. The first kappa shape index (κ1) is 17.3. The van der Waals surface area contributed by atoms with Crippen molar-refractivity contribution in [2.45, 2.75) is 51.5 Å². The summed E-state index contributed by atoms with van der Waals surface area (Å²) >= 11 is 0. The maximum absolute atomic E-state index is 11.7. The zero-order valence-electron chi connectivity index (χ0n) is 15.7. The molecule has 2 aliphatic rings. The number of ether oxygens (including phenoxy) is 1. The second-order valence-electron chi connectivity index (χ2n) is 7.62. The van der Waals surface area contributed by atoms with Gasteiger partial charge in [-0.3, -0.25) is 9.69 Å². The van der Waals surface area contributed by atoms with Crippen LogP contribution in [0.2, 0.25) is 0 Å². The number of benzene rings is 1. The predicted molar refractivity (Wildman–Crippen MR) is 102 cm³/mol. The molecule has 1 N–H and O–H groups in total. The maximum atomic E-state index is 11.7. The summed E-state index contributed by atoms with van der Waals surface area (Å²) in [5.74, 6) is 2.04. The number of fused-ring (bicyclic) bond motifs is 1. The molecule has 0 amide bonds. The SMILES string of the molecule is COc1cc2c(cc1CN1CC[C@H](c3cc(=O)[nH]c(C)n3)C1)CCCC2. The van der Waals surface area contributed by atoms with Crippen molar-refractivity contribution >= 4 is 0 Å². The van der Waals surface area contributed by atoms with Gasteiger partial charge in [0.2, 0.25) is 0 Å². The number of H-pyrrole nitrogens is 1. The molecule has 4 rings (SSSR count). The summed E-state index contributed by atoms with van der Waals surface area (Å²) in [5, 5.41) is 0. The van der Waals surface area contributed by atoms with Crippen molar-refractivity contribution in [2.24, 2.45) is 0 Å². The van der Waals surface area contributed by atoms with Crippen LogP contribution >= 0.6 is 0 Å². The molecule has 2 aromatic rings. The van der Waals surface area contributed by atoms with E-state index in [4.69, 9.17) is 4.74 Å². The van der Waals surface area contributed by atoms with E-state index in [0.29, 0.717) is 11.7 Å². The molecule has 1 aliphatic carbocycles. The molecule has 0 spiro atoms. The number of likely N-dealkylation sites (tertiary alicyclic amines) is 1. The fraction of sp³-hybridized carbons (Fsp3) is 0.524. The van der Waals surface area contributed by atoms with E-state index in [2.05, 4.69) is 27.0 Å². The number of nitrogens with one attached hydrogen (secondary N) is 1. The molecule has 5 nitrogen and oxygen atoms in total. The van der Waals surface area contributed by atoms with Crippen LogP contribution in [0.4, 0.5) is 0 Å². The predicted octanol–water partition coefficient (Wildman–Crippen LogP) is 2.96. The molecule has 1 aromatic heterocycles. The third-order valence-electron chi connectivity index (χ3n) is 5.71. The van der Waals surface area contributed by atoms with E-state index in [1.54, 1.807) is 13.2 Å². The molecule has 0 unspecified atom stereocenters. The molecule has 5 heteroatoms. The Balaban J connectivity index is 1.51. The number of rotatable bonds is 4. The second kappa shape index (κ2) is 7.23. The van der Waals surface area contributed by atoms with Crippen LogP contribution in [-0.4, -0.2) is 35.1 Å². The average molecular weight is 353 g/mol. The van der Waals surface area contributed by atoms with Crippen LogP contribution in [0.1, 0.15) is 53.4 Å². The van der Waals surface area contributed by atoms with Gasteiger partial charge < -0.3 is 9.72 Å². The van der Waals surface area contributed by atoms with Gasteiger partial charge in [0.05, 0.1) is 12.8 Å². The van der Waals surface area contributed by atoms with Gasteiger partial charge in [-0.25, -0.2) is 4.98 Å². The first-order valence-electron chi connectivity index (χ1n) is 9.61. The van der Waals surface area contributed by atoms with Crippen molar-refractivity contribution in [1.82, 2.24) is 14.9 Å². The van der Waals surface area contributed by atoms with E-state index < -0.39 is 0 Å². The van der Waals surface area contributed by atoms with Crippen LogP contribution < -0.4 is 10.3 Å². The second-order valence-corrected chi connectivity index (χ2v) is 7.62. The smallest absolute Gasteiger partial charge is 0.251 e. The Morgan fingerprint density at radius 2 is 2.00 bits per heavy atom. The topological polar surface area (TPSA) is 58.2 Å². The molecule has 1 atom stereocenters. The summed E-state index contributed by atoms with van der Waals surface area (Å²) in [6.07, 6.45) is 5.98. The van der Waals surface area contributed by atoms with Gasteiger partial charge in [-0.05, 0) is 62.8 Å². The summed E-state index contributed by atoms with van der Waals surface area (Å²) in [6, 6.07) is 6.26. The molecule has 0 bridgehead atoms. The molecule has 1 fully saturated rings. The summed E-state index contributed by atoms with van der Waals surface area (Å²) in [7, 11) is 1.77. The van der Waals surface area contributed by atoms with E-state index in [9.17, 15) is 4.79 Å². The Morgan fingerprint density at radius 3 is 2.73 bits per heavy atom. The van der Waals surface area contributed by atoms with Crippen molar-refractivity contribution in [3.8, 4) is 5.75 Å². The molecule has 1 aliphatic heterocycles. The normalized spacial score (nSPS) is 20.2. The van der Waals surface area contributed by atoms with Crippen molar-refractivity contribution < 1.29 is 4.74 Å². The molecular weight excluding hydrogens is 326 g/mol. The maximum Gasteiger partial charge on any atom is 0.251 e. The van der Waals surface area contributed by atoms with Crippen LogP contribution in [0.25, 0.3) is 0 Å². The van der Waals surface area contributed by atoms with Crippen molar-refractivity contribution in [3.05, 3.63) is 56.8 Å².